The van der Waals surface area contributed by atoms with Crippen LogP contribution in [0.5, 0.6) is 0 Å². The summed E-state index contributed by atoms with van der Waals surface area (Å²) in [5, 5.41) is 6.30. The molecule has 2 N–H and O–H groups in total. The van der Waals surface area contributed by atoms with Crippen molar-refractivity contribution >= 4 is 11.4 Å². The largest absolute Gasteiger partial charge is 0.378 e. The van der Waals surface area contributed by atoms with Crippen LogP contribution >= 0.6 is 0 Å². The van der Waals surface area contributed by atoms with Crippen LogP contribution in [0.2, 0.25) is 0 Å². The van der Waals surface area contributed by atoms with E-state index >= 15 is 0 Å². The van der Waals surface area contributed by atoms with Gasteiger partial charge in [-0.25, -0.2) is 0 Å². The van der Waals surface area contributed by atoms with Gasteiger partial charge in [0.2, 0.25) is 0 Å². The zero-order chi connectivity index (χ0) is 16.2. The molecular weight excluding hydrogens is 290 g/mol. The van der Waals surface area contributed by atoms with Gasteiger partial charge in [-0.3, -0.25) is 14.5 Å². The second kappa shape index (κ2) is 6.96. The van der Waals surface area contributed by atoms with E-state index in [9.17, 15) is 9.59 Å². The van der Waals surface area contributed by atoms with Crippen molar-refractivity contribution in [3.8, 4) is 0 Å². The predicted octanol–water partition coefficient (Wildman–Crippen LogP) is 1.79. The van der Waals surface area contributed by atoms with Crippen LogP contribution in [-0.4, -0.2) is 30.6 Å². The number of hydrogen-bond donors (Lipinski definition) is 2. The van der Waals surface area contributed by atoms with Gasteiger partial charge >= 0.3 is 0 Å². The first-order chi connectivity index (χ1) is 11.2. The normalized spacial score (nSPS) is 18.4. The Morgan fingerprint density at radius 3 is 2.48 bits per heavy atom. The Morgan fingerprint density at radius 1 is 1.09 bits per heavy atom. The summed E-state index contributed by atoms with van der Waals surface area (Å²) in [6, 6.07) is 10.3. The molecule has 2 aromatic carbocycles. The maximum atomic E-state index is 11.8. The van der Waals surface area contributed by atoms with Gasteiger partial charge in [0.05, 0.1) is 0 Å². The minimum atomic E-state index is -0.415. The van der Waals surface area contributed by atoms with Crippen LogP contribution in [0.3, 0.4) is 0 Å². The monoisotopic (exact) mass is 313 g/mol. The summed E-state index contributed by atoms with van der Waals surface area (Å²) in [5.41, 5.74) is 1.15. The third kappa shape index (κ3) is 3.29. The van der Waals surface area contributed by atoms with Gasteiger partial charge in [0.25, 0.3) is 10.9 Å². The fourth-order valence-electron chi connectivity index (χ4n) is 3.28. The number of hydrogen-bond acceptors (Lipinski definition) is 5. The molecule has 3 rings (SSSR count). The van der Waals surface area contributed by atoms with Crippen molar-refractivity contribution in [3.63, 3.8) is 0 Å². The summed E-state index contributed by atoms with van der Waals surface area (Å²) in [6.07, 6.45) is 2.34. The molecule has 0 aromatic heterocycles. The molecule has 2 aromatic rings. The molecule has 23 heavy (non-hydrogen) atoms. The van der Waals surface area contributed by atoms with Gasteiger partial charge in [-0.05, 0) is 31.5 Å². The van der Waals surface area contributed by atoms with Crippen molar-refractivity contribution in [2.45, 2.75) is 32.4 Å². The average molecular weight is 313 g/mol. The first-order valence-electron chi connectivity index (χ1n) is 8.29. The molecule has 1 saturated heterocycles. The van der Waals surface area contributed by atoms with Crippen molar-refractivity contribution in [1.29, 1.82) is 0 Å². The predicted molar refractivity (Wildman–Crippen MR) is 93.9 cm³/mol. The maximum absolute atomic E-state index is 11.8. The quantitative estimate of drug-likeness (QED) is 0.763. The molecule has 1 heterocycles. The van der Waals surface area contributed by atoms with Gasteiger partial charge in [0.1, 0.15) is 11.4 Å². The second-order valence-corrected chi connectivity index (χ2v) is 6.05. The SMILES string of the molecule is CCN1CCCC1CNc1c(NCc2ccccc2)c(=O)c1=O. The fourth-order valence-corrected chi connectivity index (χ4v) is 3.28. The number of likely N-dealkylation sites (N-methyl/N-ethyl adjacent to an activating group) is 1. The molecule has 0 bridgehead atoms. The molecule has 1 fully saturated rings. The van der Waals surface area contributed by atoms with E-state index in [1.807, 2.05) is 30.3 Å². The summed E-state index contributed by atoms with van der Waals surface area (Å²) in [5.74, 6) is 0. The molecule has 0 spiro atoms. The molecule has 0 amide bonds. The van der Waals surface area contributed by atoms with Gasteiger partial charge in [0.15, 0.2) is 0 Å². The Kier molecular flexibility index (Phi) is 4.76. The molecule has 1 atom stereocenters. The summed E-state index contributed by atoms with van der Waals surface area (Å²) in [7, 11) is 0. The van der Waals surface area contributed by atoms with Crippen LogP contribution < -0.4 is 21.5 Å². The Balaban J connectivity index is 1.61. The van der Waals surface area contributed by atoms with Gasteiger partial charge < -0.3 is 10.6 Å². The van der Waals surface area contributed by atoms with Crippen molar-refractivity contribution in [3.05, 3.63) is 56.3 Å². The molecule has 5 heteroatoms. The minimum absolute atomic E-state index is 0.401. The molecule has 1 aliphatic rings. The zero-order valence-electron chi connectivity index (χ0n) is 13.5. The molecule has 0 saturated carbocycles. The maximum Gasteiger partial charge on any atom is 0.253 e. The Morgan fingerprint density at radius 2 is 1.78 bits per heavy atom. The Labute approximate surface area is 136 Å². The molecule has 0 radical (unpaired) electrons. The van der Waals surface area contributed by atoms with Crippen molar-refractivity contribution < 1.29 is 0 Å². The van der Waals surface area contributed by atoms with Crippen LogP contribution in [-0.2, 0) is 6.54 Å². The molecule has 5 nitrogen and oxygen atoms in total. The van der Waals surface area contributed by atoms with E-state index in [4.69, 9.17) is 0 Å². The van der Waals surface area contributed by atoms with E-state index in [2.05, 4.69) is 22.5 Å². The standard InChI is InChI=1S/C18H23N3O2/c1-2-21-10-6-9-14(21)12-20-16-15(17(22)18(16)23)19-11-13-7-4-3-5-8-13/h3-5,7-8,14,19-20H,2,6,9-12H2,1H3. The molecule has 1 aliphatic heterocycles. The summed E-state index contributed by atoms with van der Waals surface area (Å²) in [4.78, 5) is 26.0. The van der Waals surface area contributed by atoms with Crippen LogP contribution in [0.15, 0.2) is 39.9 Å². The van der Waals surface area contributed by atoms with E-state index in [0.717, 1.165) is 31.6 Å². The second-order valence-electron chi connectivity index (χ2n) is 6.05. The van der Waals surface area contributed by atoms with Crippen molar-refractivity contribution in [1.82, 2.24) is 4.90 Å². The highest BCUT2D eigenvalue weighted by Gasteiger charge is 2.25. The van der Waals surface area contributed by atoms with E-state index < -0.39 is 10.9 Å². The number of nitrogens with zero attached hydrogens (tertiary/aromatic N) is 1. The molecular formula is C18H23N3O2. The first kappa shape index (κ1) is 15.7. The van der Waals surface area contributed by atoms with E-state index in [1.54, 1.807) is 0 Å². The lowest BCUT2D eigenvalue weighted by Crippen LogP contribution is -2.41. The van der Waals surface area contributed by atoms with Crippen LogP contribution in [0.25, 0.3) is 0 Å². The first-order valence-corrected chi connectivity index (χ1v) is 8.29. The van der Waals surface area contributed by atoms with E-state index in [1.165, 1.54) is 6.42 Å². The summed E-state index contributed by atoms with van der Waals surface area (Å²) >= 11 is 0. The van der Waals surface area contributed by atoms with Crippen molar-refractivity contribution in [2.75, 3.05) is 30.3 Å². The fraction of sp³-hybridized carbons (Fsp3) is 0.444. The Bertz CT molecular complexity index is 720. The third-order valence-corrected chi connectivity index (χ3v) is 4.64. The lowest BCUT2D eigenvalue weighted by molar-refractivity contribution is 0.277. The van der Waals surface area contributed by atoms with E-state index in [0.29, 0.717) is 24.0 Å². The highest BCUT2D eigenvalue weighted by atomic mass is 16.2. The number of anilines is 2. The van der Waals surface area contributed by atoms with Crippen LogP contribution in [0.1, 0.15) is 25.3 Å². The number of nitrogens with one attached hydrogen (secondary N) is 2. The highest BCUT2D eigenvalue weighted by molar-refractivity contribution is 5.74. The minimum Gasteiger partial charge on any atom is -0.378 e. The zero-order valence-corrected chi connectivity index (χ0v) is 13.5. The average Bonchev–Trinajstić information content (AvgIpc) is 3.05. The topological polar surface area (TPSA) is 61.4 Å². The molecule has 122 valence electrons. The lowest BCUT2D eigenvalue weighted by Gasteiger charge is -2.24. The van der Waals surface area contributed by atoms with Gasteiger partial charge in [-0.2, -0.15) is 0 Å². The van der Waals surface area contributed by atoms with Gasteiger partial charge in [-0.1, -0.05) is 37.3 Å². The number of likely N-dealkylation sites (tertiary alicyclic amines) is 1. The smallest absolute Gasteiger partial charge is 0.253 e. The van der Waals surface area contributed by atoms with Gasteiger partial charge in [0, 0.05) is 19.1 Å². The van der Waals surface area contributed by atoms with Crippen LogP contribution in [0, 0.1) is 0 Å². The summed E-state index contributed by atoms with van der Waals surface area (Å²) < 4.78 is 0. The highest BCUT2D eigenvalue weighted by Crippen LogP contribution is 2.20. The molecule has 0 aliphatic carbocycles. The Hall–Kier alpha value is -2.14. The summed E-state index contributed by atoms with van der Waals surface area (Å²) in [6.45, 7) is 5.57. The van der Waals surface area contributed by atoms with Crippen LogP contribution in [0.4, 0.5) is 11.4 Å². The molecule has 1 unspecified atom stereocenters. The van der Waals surface area contributed by atoms with Gasteiger partial charge in [-0.15, -0.1) is 0 Å². The number of rotatable bonds is 7. The van der Waals surface area contributed by atoms with Crippen molar-refractivity contribution in [2.24, 2.45) is 0 Å². The lowest BCUT2D eigenvalue weighted by atomic mass is 10.1. The third-order valence-electron chi connectivity index (χ3n) is 4.64. The van der Waals surface area contributed by atoms with E-state index in [-0.39, 0.29) is 0 Å². The number of benzene rings is 1.